The lowest BCUT2D eigenvalue weighted by Gasteiger charge is -2.15. The third kappa shape index (κ3) is 4.83. The summed E-state index contributed by atoms with van der Waals surface area (Å²) in [5, 5.41) is 2.98. The molecule has 1 aliphatic heterocycles. The van der Waals surface area contributed by atoms with E-state index >= 15 is 0 Å². The third-order valence-corrected chi connectivity index (χ3v) is 6.37. The molecule has 1 aliphatic carbocycles. The van der Waals surface area contributed by atoms with Crippen molar-refractivity contribution in [1.82, 2.24) is 4.90 Å². The Morgan fingerprint density at radius 2 is 1.78 bits per heavy atom. The van der Waals surface area contributed by atoms with Crippen molar-refractivity contribution in [3.8, 4) is 17.2 Å². The number of amides is 2. The average Bonchev–Trinajstić information content (AvgIpc) is 3.59. The lowest BCUT2D eigenvalue weighted by Crippen LogP contribution is -2.35. The molecule has 32 heavy (non-hydrogen) atoms. The summed E-state index contributed by atoms with van der Waals surface area (Å²) in [5.41, 5.74) is 1.32. The summed E-state index contributed by atoms with van der Waals surface area (Å²) in [6.45, 7) is 0. The van der Waals surface area contributed by atoms with Gasteiger partial charge in [0.05, 0.1) is 27.0 Å². The zero-order chi connectivity index (χ0) is 22.7. The second-order valence-electron chi connectivity index (χ2n) is 7.46. The van der Waals surface area contributed by atoms with Crippen LogP contribution in [0.5, 0.6) is 17.2 Å². The SMILES string of the molecule is COc1ccc(N=C2SC(CC(=O)Nc3ccc(OC)c(OC)c3)C(=O)N2C2CC2)cc1. The number of hydrogen-bond donors (Lipinski definition) is 1. The molecule has 1 N–H and O–H groups in total. The van der Waals surface area contributed by atoms with E-state index in [2.05, 4.69) is 10.3 Å². The third-order valence-electron chi connectivity index (χ3n) is 5.21. The maximum absolute atomic E-state index is 13.0. The first-order chi connectivity index (χ1) is 15.5. The summed E-state index contributed by atoms with van der Waals surface area (Å²) >= 11 is 1.34. The number of rotatable bonds is 8. The van der Waals surface area contributed by atoms with Gasteiger partial charge in [0, 0.05) is 24.2 Å². The van der Waals surface area contributed by atoms with Gasteiger partial charge in [-0.1, -0.05) is 11.8 Å². The second-order valence-corrected chi connectivity index (χ2v) is 8.63. The lowest BCUT2D eigenvalue weighted by atomic mass is 10.2. The number of aliphatic imine (C=N–C) groups is 1. The Hall–Kier alpha value is -3.20. The molecule has 9 heteroatoms. The number of hydrogen-bond acceptors (Lipinski definition) is 7. The Labute approximate surface area is 190 Å². The molecule has 4 rings (SSSR count). The first-order valence-electron chi connectivity index (χ1n) is 10.3. The van der Waals surface area contributed by atoms with Crippen LogP contribution in [-0.4, -0.2) is 54.5 Å². The van der Waals surface area contributed by atoms with Crippen LogP contribution in [0.2, 0.25) is 0 Å². The quantitative estimate of drug-likeness (QED) is 0.651. The minimum atomic E-state index is -0.507. The molecule has 1 saturated heterocycles. The summed E-state index contributed by atoms with van der Waals surface area (Å²) in [7, 11) is 4.70. The number of nitrogens with zero attached hydrogens (tertiary/aromatic N) is 2. The number of anilines is 1. The fourth-order valence-electron chi connectivity index (χ4n) is 3.42. The molecule has 1 saturated carbocycles. The highest BCUT2D eigenvalue weighted by Crippen LogP contribution is 2.39. The molecule has 2 aromatic rings. The lowest BCUT2D eigenvalue weighted by molar-refractivity contribution is -0.128. The van der Waals surface area contributed by atoms with E-state index in [1.165, 1.54) is 18.9 Å². The van der Waals surface area contributed by atoms with Gasteiger partial charge in [-0.2, -0.15) is 0 Å². The number of nitrogens with one attached hydrogen (secondary N) is 1. The Balaban J connectivity index is 1.46. The second kappa shape index (κ2) is 9.52. The van der Waals surface area contributed by atoms with E-state index in [1.807, 2.05) is 24.3 Å². The van der Waals surface area contributed by atoms with Crippen molar-refractivity contribution < 1.29 is 23.8 Å². The first kappa shape index (κ1) is 22.0. The molecule has 168 valence electrons. The fraction of sp³-hybridized carbons (Fsp3) is 0.348. The summed E-state index contributed by atoms with van der Waals surface area (Å²) in [6, 6.07) is 12.7. The van der Waals surface area contributed by atoms with Crippen LogP contribution in [0.1, 0.15) is 19.3 Å². The predicted octanol–water partition coefficient (Wildman–Crippen LogP) is 3.84. The molecule has 0 radical (unpaired) electrons. The van der Waals surface area contributed by atoms with Gasteiger partial charge in [0.1, 0.15) is 11.0 Å². The fourth-order valence-corrected chi connectivity index (χ4v) is 4.64. The van der Waals surface area contributed by atoms with Gasteiger partial charge in [-0.3, -0.25) is 14.5 Å². The molecule has 0 bridgehead atoms. The van der Waals surface area contributed by atoms with Crippen molar-refractivity contribution in [2.24, 2.45) is 4.99 Å². The molecule has 2 fully saturated rings. The van der Waals surface area contributed by atoms with E-state index in [0.717, 1.165) is 24.3 Å². The summed E-state index contributed by atoms with van der Waals surface area (Å²) in [4.78, 5) is 32.2. The monoisotopic (exact) mass is 455 g/mol. The van der Waals surface area contributed by atoms with Crippen molar-refractivity contribution in [2.75, 3.05) is 26.6 Å². The molecular weight excluding hydrogens is 430 g/mol. The topological polar surface area (TPSA) is 89.5 Å². The van der Waals surface area contributed by atoms with Gasteiger partial charge in [0.2, 0.25) is 11.8 Å². The number of amidine groups is 1. The Kier molecular flexibility index (Phi) is 6.55. The Morgan fingerprint density at radius 1 is 1.06 bits per heavy atom. The highest BCUT2D eigenvalue weighted by atomic mass is 32.2. The number of methoxy groups -OCH3 is 3. The van der Waals surface area contributed by atoms with E-state index in [1.54, 1.807) is 37.3 Å². The number of carbonyl (C=O) groups excluding carboxylic acids is 2. The van der Waals surface area contributed by atoms with Crippen molar-refractivity contribution in [3.05, 3.63) is 42.5 Å². The van der Waals surface area contributed by atoms with Crippen LogP contribution in [-0.2, 0) is 9.59 Å². The van der Waals surface area contributed by atoms with Gasteiger partial charge >= 0.3 is 0 Å². The molecule has 1 heterocycles. The van der Waals surface area contributed by atoms with Crippen LogP contribution < -0.4 is 19.5 Å². The Bertz CT molecular complexity index is 1040. The van der Waals surface area contributed by atoms with Crippen LogP contribution >= 0.6 is 11.8 Å². The van der Waals surface area contributed by atoms with Gasteiger partial charge in [0.15, 0.2) is 16.7 Å². The number of ether oxygens (including phenoxy) is 3. The molecule has 8 nitrogen and oxygen atoms in total. The van der Waals surface area contributed by atoms with Crippen molar-refractivity contribution >= 4 is 40.1 Å². The van der Waals surface area contributed by atoms with Gasteiger partial charge in [-0.05, 0) is 49.2 Å². The van der Waals surface area contributed by atoms with Gasteiger partial charge in [-0.25, -0.2) is 4.99 Å². The zero-order valence-electron chi connectivity index (χ0n) is 18.2. The predicted molar refractivity (Wildman–Crippen MR) is 124 cm³/mol. The van der Waals surface area contributed by atoms with E-state index in [9.17, 15) is 9.59 Å². The molecule has 0 aromatic heterocycles. The largest absolute Gasteiger partial charge is 0.497 e. The molecule has 1 unspecified atom stereocenters. The standard InChI is InChI=1S/C23H25N3O5S/c1-29-17-9-4-14(5-10-17)25-23-26(16-7-8-16)22(28)20(32-23)13-21(27)24-15-6-11-18(30-2)19(12-15)31-3/h4-6,9-12,16,20H,7-8,13H2,1-3H3,(H,24,27). The van der Waals surface area contributed by atoms with Crippen LogP contribution in [0, 0.1) is 0 Å². The molecule has 0 spiro atoms. The van der Waals surface area contributed by atoms with Gasteiger partial charge in [-0.15, -0.1) is 0 Å². The van der Waals surface area contributed by atoms with Crippen molar-refractivity contribution in [3.63, 3.8) is 0 Å². The summed E-state index contributed by atoms with van der Waals surface area (Å²) in [6.07, 6.45) is 1.97. The maximum atomic E-state index is 13.0. The number of carbonyl (C=O) groups is 2. The highest BCUT2D eigenvalue weighted by Gasteiger charge is 2.46. The van der Waals surface area contributed by atoms with E-state index < -0.39 is 5.25 Å². The van der Waals surface area contributed by atoms with Crippen LogP contribution in [0.4, 0.5) is 11.4 Å². The normalized spacial score (nSPS) is 19.2. The van der Waals surface area contributed by atoms with E-state index in [-0.39, 0.29) is 24.3 Å². The van der Waals surface area contributed by atoms with Crippen LogP contribution in [0.25, 0.3) is 0 Å². The molecular formula is C23H25N3O5S. The summed E-state index contributed by atoms with van der Waals surface area (Å²) < 4.78 is 15.7. The van der Waals surface area contributed by atoms with E-state index in [0.29, 0.717) is 22.4 Å². The molecule has 2 aromatic carbocycles. The summed E-state index contributed by atoms with van der Waals surface area (Å²) in [5.74, 6) is 1.53. The Morgan fingerprint density at radius 3 is 2.41 bits per heavy atom. The molecule has 2 amide bonds. The number of benzene rings is 2. The highest BCUT2D eigenvalue weighted by molar-refractivity contribution is 8.15. The minimum Gasteiger partial charge on any atom is -0.497 e. The maximum Gasteiger partial charge on any atom is 0.242 e. The van der Waals surface area contributed by atoms with E-state index in [4.69, 9.17) is 14.2 Å². The average molecular weight is 456 g/mol. The molecule has 2 aliphatic rings. The number of thioether (sulfide) groups is 1. The first-order valence-corrected chi connectivity index (χ1v) is 11.1. The molecule has 1 atom stereocenters. The van der Waals surface area contributed by atoms with Crippen molar-refractivity contribution in [2.45, 2.75) is 30.6 Å². The van der Waals surface area contributed by atoms with Gasteiger partial charge < -0.3 is 19.5 Å². The zero-order valence-corrected chi connectivity index (χ0v) is 19.0. The van der Waals surface area contributed by atoms with Crippen LogP contribution in [0.15, 0.2) is 47.5 Å². The van der Waals surface area contributed by atoms with Crippen molar-refractivity contribution in [1.29, 1.82) is 0 Å². The van der Waals surface area contributed by atoms with Crippen LogP contribution in [0.3, 0.4) is 0 Å². The minimum absolute atomic E-state index is 0.0582. The van der Waals surface area contributed by atoms with Gasteiger partial charge in [0.25, 0.3) is 0 Å². The smallest absolute Gasteiger partial charge is 0.242 e.